The summed E-state index contributed by atoms with van der Waals surface area (Å²) in [6.45, 7) is 1.56. The third-order valence-corrected chi connectivity index (χ3v) is 2.89. The van der Waals surface area contributed by atoms with Crippen LogP contribution in [0.15, 0.2) is 24.3 Å². The van der Waals surface area contributed by atoms with Crippen LogP contribution in [-0.2, 0) is 0 Å². The fourth-order valence-electron chi connectivity index (χ4n) is 1.85. The number of anilines is 3. The van der Waals surface area contributed by atoms with Gasteiger partial charge in [-0.3, -0.25) is 0 Å². The number of aryl methyl sites for hydroxylation is 1. The highest BCUT2D eigenvalue weighted by Gasteiger charge is 2.15. The van der Waals surface area contributed by atoms with Gasteiger partial charge in [0.05, 0.1) is 11.3 Å². The van der Waals surface area contributed by atoms with Crippen LogP contribution in [0.2, 0.25) is 0 Å². The van der Waals surface area contributed by atoms with Crippen molar-refractivity contribution in [3.05, 3.63) is 52.8 Å². The summed E-state index contributed by atoms with van der Waals surface area (Å²) in [6, 6.07) is 3.79. The van der Waals surface area contributed by atoms with Gasteiger partial charge in [-0.1, -0.05) is 0 Å². The number of aromatic carboxylic acids is 1. The number of benzene rings is 2. The van der Waals surface area contributed by atoms with Crippen molar-refractivity contribution in [2.45, 2.75) is 6.92 Å². The normalized spacial score (nSPS) is 10.5. The minimum absolute atomic E-state index is 0.0685. The summed E-state index contributed by atoms with van der Waals surface area (Å²) < 4.78 is 39.8. The van der Waals surface area contributed by atoms with Crippen molar-refractivity contribution in [1.29, 1.82) is 0 Å². The molecule has 2 rings (SSSR count). The Morgan fingerprint density at radius 2 is 1.86 bits per heavy atom. The molecule has 0 amide bonds. The lowest BCUT2D eigenvalue weighted by Gasteiger charge is -2.12. The molecule has 0 heterocycles. The van der Waals surface area contributed by atoms with E-state index in [0.717, 1.165) is 12.1 Å². The summed E-state index contributed by atoms with van der Waals surface area (Å²) in [6.07, 6.45) is 0. The van der Waals surface area contributed by atoms with Crippen LogP contribution >= 0.6 is 0 Å². The topological polar surface area (TPSA) is 75.3 Å². The smallest absolute Gasteiger partial charge is 0.337 e. The maximum atomic E-state index is 13.6. The van der Waals surface area contributed by atoms with Gasteiger partial charge in [-0.05, 0) is 24.6 Å². The maximum absolute atomic E-state index is 13.6. The van der Waals surface area contributed by atoms with Gasteiger partial charge in [-0.2, -0.15) is 0 Å². The zero-order chi connectivity index (χ0) is 15.7. The number of carbonyl (C=O) groups is 1. The summed E-state index contributed by atoms with van der Waals surface area (Å²) in [5, 5.41) is 11.5. The van der Waals surface area contributed by atoms with E-state index in [1.807, 2.05) is 0 Å². The lowest BCUT2D eigenvalue weighted by molar-refractivity contribution is 0.0698. The molecule has 0 saturated heterocycles. The monoisotopic (exact) mass is 296 g/mol. The van der Waals surface area contributed by atoms with Gasteiger partial charge < -0.3 is 16.2 Å². The summed E-state index contributed by atoms with van der Waals surface area (Å²) in [7, 11) is 0. The van der Waals surface area contributed by atoms with E-state index in [2.05, 4.69) is 5.32 Å². The first-order valence-corrected chi connectivity index (χ1v) is 5.84. The second kappa shape index (κ2) is 5.35. The van der Waals surface area contributed by atoms with Gasteiger partial charge in [-0.25, -0.2) is 18.0 Å². The number of nitrogen functional groups attached to an aromatic ring is 1. The molecule has 0 atom stereocenters. The van der Waals surface area contributed by atoms with Crippen molar-refractivity contribution in [2.24, 2.45) is 0 Å². The quantitative estimate of drug-likeness (QED) is 0.599. The molecule has 2 aromatic carbocycles. The Bertz CT molecular complexity index is 733. The number of hydrogen-bond donors (Lipinski definition) is 3. The maximum Gasteiger partial charge on any atom is 0.337 e. The van der Waals surface area contributed by atoms with Crippen LogP contribution in [0.25, 0.3) is 0 Å². The van der Waals surface area contributed by atoms with Crippen molar-refractivity contribution in [2.75, 3.05) is 11.1 Å². The molecule has 0 saturated carbocycles. The predicted molar refractivity (Wildman–Crippen MR) is 72.1 cm³/mol. The van der Waals surface area contributed by atoms with Gasteiger partial charge in [0, 0.05) is 23.5 Å². The molecule has 0 aliphatic heterocycles. The number of halogens is 3. The summed E-state index contributed by atoms with van der Waals surface area (Å²) in [4.78, 5) is 11.1. The zero-order valence-electron chi connectivity index (χ0n) is 10.9. The number of rotatable bonds is 3. The Morgan fingerprint density at radius 3 is 2.48 bits per heavy atom. The Morgan fingerprint density at radius 1 is 1.19 bits per heavy atom. The molecule has 0 aliphatic carbocycles. The lowest BCUT2D eigenvalue weighted by atomic mass is 10.1. The van der Waals surface area contributed by atoms with Crippen LogP contribution in [0, 0.1) is 24.4 Å². The second-order valence-electron chi connectivity index (χ2n) is 4.43. The van der Waals surface area contributed by atoms with E-state index in [0.29, 0.717) is 11.6 Å². The summed E-state index contributed by atoms with van der Waals surface area (Å²) in [5.41, 5.74) is 5.66. The second-order valence-corrected chi connectivity index (χ2v) is 4.43. The van der Waals surface area contributed by atoms with Gasteiger partial charge in [0.25, 0.3) is 0 Å². The molecule has 2 aromatic rings. The Labute approximate surface area is 118 Å². The number of nitrogens with one attached hydrogen (secondary N) is 1. The van der Waals surface area contributed by atoms with Gasteiger partial charge >= 0.3 is 5.97 Å². The standard InChI is InChI=1S/C14H11F3N2O2/c1-6-2-8(5-9(13(6)18)14(20)21)19-11-4-7(15)3-10(16)12(11)17/h2-5,19H,18H2,1H3,(H,20,21). The first kappa shape index (κ1) is 14.7. The zero-order valence-corrected chi connectivity index (χ0v) is 10.9. The highest BCUT2D eigenvalue weighted by Crippen LogP contribution is 2.27. The number of nitrogens with two attached hydrogens (primary N) is 1. The van der Waals surface area contributed by atoms with E-state index in [-0.39, 0.29) is 16.9 Å². The van der Waals surface area contributed by atoms with Crippen molar-refractivity contribution < 1.29 is 23.1 Å². The molecule has 0 fully saturated rings. The van der Waals surface area contributed by atoms with Crippen molar-refractivity contribution in [3.8, 4) is 0 Å². The Hall–Kier alpha value is -2.70. The van der Waals surface area contributed by atoms with Crippen molar-refractivity contribution in [1.82, 2.24) is 0 Å². The molecule has 0 unspecified atom stereocenters. The fourth-order valence-corrected chi connectivity index (χ4v) is 1.85. The summed E-state index contributed by atoms with van der Waals surface area (Å²) >= 11 is 0. The Kier molecular flexibility index (Phi) is 3.75. The SMILES string of the molecule is Cc1cc(Nc2cc(F)cc(F)c2F)cc(C(=O)O)c1N. The van der Waals surface area contributed by atoms with E-state index >= 15 is 0 Å². The molecule has 7 heteroatoms. The minimum atomic E-state index is -1.34. The average Bonchev–Trinajstić information content (AvgIpc) is 2.39. The first-order valence-electron chi connectivity index (χ1n) is 5.84. The average molecular weight is 296 g/mol. The van der Waals surface area contributed by atoms with Gasteiger partial charge in [-0.15, -0.1) is 0 Å². The van der Waals surface area contributed by atoms with Gasteiger partial charge in [0.15, 0.2) is 11.6 Å². The number of carboxylic acid groups (broad SMARTS) is 1. The number of hydrogen-bond acceptors (Lipinski definition) is 3. The molecule has 0 radical (unpaired) electrons. The molecule has 21 heavy (non-hydrogen) atoms. The van der Waals surface area contributed by atoms with E-state index in [4.69, 9.17) is 10.8 Å². The summed E-state index contributed by atoms with van der Waals surface area (Å²) in [5.74, 6) is -4.82. The van der Waals surface area contributed by atoms with Crippen LogP contribution in [0.4, 0.5) is 30.2 Å². The van der Waals surface area contributed by atoms with Crippen molar-refractivity contribution in [3.63, 3.8) is 0 Å². The first-order chi connectivity index (χ1) is 9.79. The molecular formula is C14H11F3N2O2. The highest BCUT2D eigenvalue weighted by molar-refractivity contribution is 5.96. The van der Waals surface area contributed by atoms with Crippen LogP contribution in [0.5, 0.6) is 0 Å². The third-order valence-electron chi connectivity index (χ3n) is 2.89. The van der Waals surface area contributed by atoms with E-state index in [9.17, 15) is 18.0 Å². The molecule has 110 valence electrons. The molecule has 0 aromatic heterocycles. The fraction of sp³-hybridized carbons (Fsp3) is 0.0714. The molecule has 0 aliphatic rings. The van der Waals surface area contributed by atoms with E-state index in [1.54, 1.807) is 6.92 Å². The lowest BCUT2D eigenvalue weighted by Crippen LogP contribution is -2.06. The molecule has 0 bridgehead atoms. The van der Waals surface area contributed by atoms with E-state index < -0.39 is 29.1 Å². The minimum Gasteiger partial charge on any atom is -0.478 e. The molecular weight excluding hydrogens is 285 g/mol. The Balaban J connectivity index is 2.48. The largest absolute Gasteiger partial charge is 0.478 e. The predicted octanol–water partition coefficient (Wildman–Crippen LogP) is 3.44. The highest BCUT2D eigenvalue weighted by atomic mass is 19.2. The van der Waals surface area contributed by atoms with Gasteiger partial charge in [0.2, 0.25) is 0 Å². The van der Waals surface area contributed by atoms with Crippen LogP contribution in [-0.4, -0.2) is 11.1 Å². The van der Waals surface area contributed by atoms with Crippen LogP contribution in [0.3, 0.4) is 0 Å². The molecule has 4 nitrogen and oxygen atoms in total. The van der Waals surface area contributed by atoms with Crippen molar-refractivity contribution >= 4 is 23.0 Å². The number of carboxylic acids is 1. The van der Waals surface area contributed by atoms with Crippen LogP contribution in [0.1, 0.15) is 15.9 Å². The van der Waals surface area contributed by atoms with Gasteiger partial charge in [0.1, 0.15) is 5.82 Å². The molecule has 4 N–H and O–H groups in total. The molecule has 0 spiro atoms. The third kappa shape index (κ3) is 2.91. The van der Waals surface area contributed by atoms with Crippen LogP contribution < -0.4 is 11.1 Å². The van der Waals surface area contributed by atoms with E-state index in [1.165, 1.54) is 6.07 Å².